The van der Waals surface area contributed by atoms with Crippen LogP contribution in [0, 0.1) is 11.7 Å². The number of nitrogens with two attached hydrogens (primary N) is 1. The van der Waals surface area contributed by atoms with Gasteiger partial charge in [-0.15, -0.1) is 0 Å². The van der Waals surface area contributed by atoms with Crippen molar-refractivity contribution in [2.75, 3.05) is 18.4 Å². The highest BCUT2D eigenvalue weighted by atomic mass is 35.5. The maximum absolute atomic E-state index is 14.5. The van der Waals surface area contributed by atoms with Crippen molar-refractivity contribution in [1.29, 1.82) is 0 Å². The van der Waals surface area contributed by atoms with Gasteiger partial charge >= 0.3 is 0 Å². The van der Waals surface area contributed by atoms with E-state index in [4.69, 9.17) is 17.3 Å². The minimum Gasteiger partial charge on any atom is -0.369 e. The first-order valence-electron chi connectivity index (χ1n) is 8.84. The summed E-state index contributed by atoms with van der Waals surface area (Å²) in [5, 5.41) is 2.76. The molecule has 29 heavy (non-hydrogen) atoms. The molecule has 7 nitrogen and oxygen atoms in total. The number of benzene rings is 2. The number of nitrogens with zero attached hydrogens (tertiary/aromatic N) is 1. The van der Waals surface area contributed by atoms with E-state index in [1.54, 1.807) is 12.1 Å². The maximum Gasteiger partial charge on any atom is 0.255 e. The van der Waals surface area contributed by atoms with E-state index in [1.807, 2.05) is 0 Å². The highest BCUT2D eigenvalue weighted by molar-refractivity contribution is 7.89. The van der Waals surface area contributed by atoms with Crippen molar-refractivity contribution in [2.45, 2.75) is 17.7 Å². The zero-order valence-electron chi connectivity index (χ0n) is 15.3. The van der Waals surface area contributed by atoms with E-state index in [1.165, 1.54) is 28.6 Å². The van der Waals surface area contributed by atoms with Crippen molar-refractivity contribution >= 4 is 39.1 Å². The lowest BCUT2D eigenvalue weighted by atomic mass is 9.98. The second-order valence-electron chi connectivity index (χ2n) is 6.69. The van der Waals surface area contributed by atoms with Gasteiger partial charge in [-0.3, -0.25) is 9.59 Å². The quantitative estimate of drug-likeness (QED) is 0.746. The predicted octanol–water partition coefficient (Wildman–Crippen LogP) is 2.62. The first kappa shape index (κ1) is 21.2. The summed E-state index contributed by atoms with van der Waals surface area (Å²) in [5.74, 6) is -2.26. The van der Waals surface area contributed by atoms with Gasteiger partial charge in [0, 0.05) is 29.6 Å². The number of carbonyl (C=O) groups excluding carboxylic acids is 2. The number of sulfonamides is 1. The highest BCUT2D eigenvalue weighted by Crippen LogP contribution is 2.26. The zero-order chi connectivity index (χ0) is 21.2. The van der Waals surface area contributed by atoms with Crippen molar-refractivity contribution in [3.63, 3.8) is 0 Å². The van der Waals surface area contributed by atoms with Crippen molar-refractivity contribution in [1.82, 2.24) is 4.31 Å². The number of piperidine rings is 1. The number of hydrogen-bond donors (Lipinski definition) is 2. The summed E-state index contributed by atoms with van der Waals surface area (Å²) in [5.41, 5.74) is 5.35. The third kappa shape index (κ3) is 4.75. The molecule has 1 aliphatic rings. The molecule has 10 heteroatoms. The molecule has 0 saturated carbocycles. The van der Waals surface area contributed by atoms with E-state index in [0.29, 0.717) is 17.9 Å². The Hall–Kier alpha value is -2.49. The fourth-order valence-corrected chi connectivity index (χ4v) is 4.78. The third-order valence-corrected chi connectivity index (χ3v) is 6.90. The standard InChI is InChI=1S/C19H19ClFN3O4S/c20-14-3-1-2-13(10-14)19(26)23-17-5-4-15(11-16(17)21)29(27,28)24-8-6-12(7-9-24)18(22)25/h1-5,10-12H,6-9H2,(H2,22,25)(H,23,26). The van der Waals surface area contributed by atoms with Crippen molar-refractivity contribution in [2.24, 2.45) is 11.7 Å². The number of hydrogen-bond acceptors (Lipinski definition) is 4. The van der Waals surface area contributed by atoms with Gasteiger partial charge in [0.15, 0.2) is 0 Å². The molecule has 0 aliphatic carbocycles. The van der Waals surface area contributed by atoms with Gasteiger partial charge in [-0.1, -0.05) is 17.7 Å². The molecule has 0 aromatic heterocycles. The van der Waals surface area contributed by atoms with E-state index < -0.39 is 27.7 Å². The summed E-state index contributed by atoms with van der Waals surface area (Å²) in [6.45, 7) is 0.260. The summed E-state index contributed by atoms with van der Waals surface area (Å²) in [6, 6.07) is 9.43. The lowest BCUT2D eigenvalue weighted by Crippen LogP contribution is -2.41. The summed E-state index contributed by atoms with van der Waals surface area (Å²) in [4.78, 5) is 23.2. The average Bonchev–Trinajstić information content (AvgIpc) is 2.69. The fourth-order valence-electron chi connectivity index (χ4n) is 3.11. The largest absolute Gasteiger partial charge is 0.369 e. The van der Waals surface area contributed by atoms with Crippen LogP contribution >= 0.6 is 11.6 Å². The van der Waals surface area contributed by atoms with E-state index in [9.17, 15) is 22.4 Å². The van der Waals surface area contributed by atoms with Gasteiger partial charge < -0.3 is 11.1 Å². The van der Waals surface area contributed by atoms with Crippen LogP contribution < -0.4 is 11.1 Å². The lowest BCUT2D eigenvalue weighted by molar-refractivity contribution is -0.122. The number of carbonyl (C=O) groups is 2. The first-order chi connectivity index (χ1) is 13.7. The Morgan fingerprint density at radius 2 is 1.83 bits per heavy atom. The van der Waals surface area contributed by atoms with Crippen LogP contribution in [0.25, 0.3) is 0 Å². The molecule has 0 atom stereocenters. The smallest absolute Gasteiger partial charge is 0.255 e. The Morgan fingerprint density at radius 3 is 2.41 bits per heavy atom. The number of primary amides is 1. The van der Waals surface area contributed by atoms with Crippen LogP contribution in [-0.4, -0.2) is 37.6 Å². The van der Waals surface area contributed by atoms with E-state index in [0.717, 1.165) is 6.07 Å². The van der Waals surface area contributed by atoms with Gasteiger partial charge in [-0.25, -0.2) is 12.8 Å². The monoisotopic (exact) mass is 439 g/mol. The second-order valence-corrected chi connectivity index (χ2v) is 9.06. The molecule has 0 spiro atoms. The fraction of sp³-hybridized carbons (Fsp3) is 0.263. The Kier molecular flexibility index (Phi) is 6.21. The molecule has 1 heterocycles. The van der Waals surface area contributed by atoms with Crippen molar-refractivity contribution < 1.29 is 22.4 Å². The van der Waals surface area contributed by atoms with E-state index in [2.05, 4.69) is 5.32 Å². The lowest BCUT2D eigenvalue weighted by Gasteiger charge is -2.29. The first-order valence-corrected chi connectivity index (χ1v) is 10.7. The van der Waals surface area contributed by atoms with E-state index in [-0.39, 0.29) is 35.2 Å². The summed E-state index contributed by atoms with van der Waals surface area (Å²) in [6.07, 6.45) is 0.648. The highest BCUT2D eigenvalue weighted by Gasteiger charge is 2.31. The summed E-state index contributed by atoms with van der Waals surface area (Å²) >= 11 is 5.84. The van der Waals surface area contributed by atoms with Crippen LogP contribution in [0.4, 0.5) is 10.1 Å². The molecular formula is C19H19ClFN3O4S. The number of anilines is 1. The third-order valence-electron chi connectivity index (χ3n) is 4.77. The van der Waals surface area contributed by atoms with Crippen LogP contribution in [0.1, 0.15) is 23.2 Å². The molecule has 154 valence electrons. The second kappa shape index (κ2) is 8.48. The molecule has 3 rings (SSSR count). The molecule has 0 bridgehead atoms. The number of halogens is 2. The van der Waals surface area contributed by atoms with Gasteiger partial charge in [-0.2, -0.15) is 4.31 Å². The normalized spacial score (nSPS) is 15.8. The number of amides is 2. The Balaban J connectivity index is 1.75. The van der Waals surface area contributed by atoms with Crippen LogP contribution in [0.5, 0.6) is 0 Å². The summed E-state index contributed by atoms with van der Waals surface area (Å²) < 4.78 is 41.2. The minimum absolute atomic E-state index is 0.130. The van der Waals surface area contributed by atoms with Crippen LogP contribution in [0.15, 0.2) is 47.4 Å². The summed E-state index contributed by atoms with van der Waals surface area (Å²) in [7, 11) is -3.93. The Morgan fingerprint density at radius 1 is 1.14 bits per heavy atom. The SMILES string of the molecule is NC(=O)C1CCN(S(=O)(=O)c2ccc(NC(=O)c3cccc(Cl)c3)c(F)c2)CC1. The van der Waals surface area contributed by atoms with Gasteiger partial charge in [0.05, 0.1) is 10.6 Å². The molecule has 1 aliphatic heterocycles. The molecule has 0 unspecified atom stereocenters. The van der Waals surface area contributed by atoms with Gasteiger partial charge in [-0.05, 0) is 49.2 Å². The number of rotatable bonds is 5. The van der Waals surface area contributed by atoms with Crippen LogP contribution in [0.2, 0.25) is 5.02 Å². The molecule has 2 aromatic carbocycles. The predicted molar refractivity (Wildman–Crippen MR) is 106 cm³/mol. The Bertz CT molecular complexity index is 1050. The topological polar surface area (TPSA) is 110 Å². The van der Waals surface area contributed by atoms with Gasteiger partial charge in [0.1, 0.15) is 5.82 Å². The molecule has 2 aromatic rings. The molecular weight excluding hydrogens is 421 g/mol. The van der Waals surface area contributed by atoms with Crippen LogP contribution in [0.3, 0.4) is 0 Å². The van der Waals surface area contributed by atoms with Gasteiger partial charge in [0.25, 0.3) is 5.91 Å². The van der Waals surface area contributed by atoms with Gasteiger partial charge in [0.2, 0.25) is 15.9 Å². The van der Waals surface area contributed by atoms with E-state index >= 15 is 0 Å². The Labute approximate surface area is 172 Å². The molecule has 1 fully saturated rings. The van der Waals surface area contributed by atoms with Crippen molar-refractivity contribution in [3.8, 4) is 0 Å². The maximum atomic E-state index is 14.5. The van der Waals surface area contributed by atoms with Crippen LogP contribution in [-0.2, 0) is 14.8 Å². The zero-order valence-corrected chi connectivity index (χ0v) is 16.8. The molecule has 1 saturated heterocycles. The molecule has 3 N–H and O–H groups in total. The average molecular weight is 440 g/mol. The molecule has 2 amide bonds. The minimum atomic E-state index is -3.93. The number of nitrogens with one attached hydrogen (secondary N) is 1. The van der Waals surface area contributed by atoms with Crippen molar-refractivity contribution in [3.05, 3.63) is 58.9 Å². The molecule has 0 radical (unpaired) electrons.